The lowest BCUT2D eigenvalue weighted by Gasteiger charge is -2.44. The van der Waals surface area contributed by atoms with Gasteiger partial charge in [0.2, 0.25) is 5.91 Å². The van der Waals surface area contributed by atoms with E-state index in [1.54, 1.807) is 40.1 Å². The Morgan fingerprint density at radius 1 is 0.850 bits per heavy atom. The zero-order valence-electron chi connectivity index (χ0n) is 22.1. The number of piperazine rings is 1. The minimum Gasteiger partial charge on any atom is -0.373 e. The molecule has 10 heteroatoms. The van der Waals surface area contributed by atoms with Gasteiger partial charge in [-0.05, 0) is 60.9 Å². The number of aliphatic hydroxyl groups is 1. The van der Waals surface area contributed by atoms with Crippen molar-refractivity contribution in [2.45, 2.75) is 30.9 Å². The molecule has 2 fully saturated rings. The van der Waals surface area contributed by atoms with E-state index in [1.165, 1.54) is 36.4 Å². The van der Waals surface area contributed by atoms with Crippen LogP contribution in [0.3, 0.4) is 0 Å². The lowest BCUT2D eigenvalue weighted by Crippen LogP contribution is -2.58. The number of hydrogen-bond acceptors (Lipinski definition) is 4. The molecule has 1 aliphatic carbocycles. The highest BCUT2D eigenvalue weighted by Crippen LogP contribution is 2.37. The molecule has 0 spiro atoms. The summed E-state index contributed by atoms with van der Waals surface area (Å²) in [5.41, 5.74) is 0.426. The summed E-state index contributed by atoms with van der Waals surface area (Å²) in [7, 11) is 0. The van der Waals surface area contributed by atoms with E-state index in [0.29, 0.717) is 44.8 Å². The minimum absolute atomic E-state index is 0.0157. The number of rotatable bonds is 5. The molecule has 2 aromatic carbocycles. The molecule has 0 aromatic heterocycles. The van der Waals surface area contributed by atoms with Gasteiger partial charge in [0.25, 0.3) is 0 Å². The topological polar surface area (TPSA) is 76.1 Å². The monoisotopic (exact) mass is 554 g/mol. The Morgan fingerprint density at radius 3 is 2.02 bits per heavy atom. The third-order valence-electron chi connectivity index (χ3n) is 8.21. The first-order chi connectivity index (χ1) is 19.2. The van der Waals surface area contributed by atoms with Crippen LogP contribution < -0.4 is 10.2 Å². The molecule has 2 aromatic rings. The first kappa shape index (κ1) is 27.8. The van der Waals surface area contributed by atoms with Crippen molar-refractivity contribution in [3.63, 3.8) is 0 Å². The Hall–Kier alpha value is -3.79. The van der Waals surface area contributed by atoms with Crippen LogP contribution in [-0.4, -0.2) is 72.3 Å². The molecule has 2 aliphatic heterocycles. The van der Waals surface area contributed by atoms with Crippen molar-refractivity contribution in [3.05, 3.63) is 89.8 Å². The van der Waals surface area contributed by atoms with Crippen molar-refractivity contribution in [2.24, 2.45) is 5.92 Å². The number of allylic oxidation sites excluding steroid dienone is 3. The highest BCUT2D eigenvalue weighted by molar-refractivity contribution is 5.89. The fourth-order valence-corrected chi connectivity index (χ4v) is 5.76. The first-order valence-corrected chi connectivity index (χ1v) is 13.6. The van der Waals surface area contributed by atoms with Gasteiger partial charge in [-0.1, -0.05) is 24.3 Å². The van der Waals surface area contributed by atoms with Crippen LogP contribution in [0.15, 0.2) is 72.6 Å². The molecule has 40 heavy (non-hydrogen) atoms. The number of benzene rings is 2. The molecular formula is C30H33F3N4O3. The summed E-state index contributed by atoms with van der Waals surface area (Å²) in [5.74, 6) is -2.13. The summed E-state index contributed by atoms with van der Waals surface area (Å²) >= 11 is 0. The predicted octanol–water partition coefficient (Wildman–Crippen LogP) is 4.10. The van der Waals surface area contributed by atoms with Crippen LogP contribution in [0.5, 0.6) is 0 Å². The van der Waals surface area contributed by atoms with Crippen molar-refractivity contribution in [1.29, 1.82) is 0 Å². The molecule has 2 saturated heterocycles. The quantitative estimate of drug-likeness (QED) is 0.546. The van der Waals surface area contributed by atoms with Gasteiger partial charge in [-0.3, -0.25) is 4.79 Å². The van der Waals surface area contributed by atoms with Crippen molar-refractivity contribution in [2.75, 3.05) is 44.2 Å². The van der Waals surface area contributed by atoms with E-state index in [1.807, 2.05) is 0 Å². The molecular weight excluding hydrogens is 521 g/mol. The van der Waals surface area contributed by atoms with E-state index in [-0.39, 0.29) is 36.9 Å². The van der Waals surface area contributed by atoms with Gasteiger partial charge in [-0.15, -0.1) is 0 Å². The van der Waals surface area contributed by atoms with Crippen LogP contribution in [0.4, 0.5) is 23.7 Å². The highest BCUT2D eigenvalue weighted by atomic mass is 19.1. The van der Waals surface area contributed by atoms with Crippen molar-refractivity contribution in [3.8, 4) is 0 Å². The SMILES string of the molecule is O=C(N1CCN(c2ccc(F)cc2)CC1)N1CCC(C(=O)N[C@@H](O)C2C=CC=C(F)C2)(c2ccc(F)cc2)CC1. The van der Waals surface area contributed by atoms with Crippen molar-refractivity contribution in [1.82, 2.24) is 15.1 Å². The summed E-state index contributed by atoms with van der Waals surface area (Å²) in [5, 5.41) is 13.4. The third-order valence-corrected chi connectivity index (χ3v) is 8.21. The number of likely N-dealkylation sites (tertiary alicyclic amines) is 1. The van der Waals surface area contributed by atoms with E-state index in [0.717, 1.165) is 5.69 Å². The van der Waals surface area contributed by atoms with E-state index >= 15 is 0 Å². The van der Waals surface area contributed by atoms with Crippen LogP contribution in [0.25, 0.3) is 0 Å². The largest absolute Gasteiger partial charge is 0.373 e. The molecule has 2 heterocycles. The van der Waals surface area contributed by atoms with Gasteiger partial charge in [-0.25, -0.2) is 18.0 Å². The summed E-state index contributed by atoms with van der Waals surface area (Å²) < 4.78 is 40.8. The van der Waals surface area contributed by atoms with E-state index in [9.17, 15) is 27.9 Å². The van der Waals surface area contributed by atoms with Crippen LogP contribution in [0.1, 0.15) is 24.8 Å². The summed E-state index contributed by atoms with van der Waals surface area (Å²) in [6.45, 7) is 2.88. The van der Waals surface area contributed by atoms with Gasteiger partial charge in [0.05, 0.1) is 5.41 Å². The van der Waals surface area contributed by atoms with Gasteiger partial charge in [0, 0.05) is 57.3 Å². The van der Waals surface area contributed by atoms with Gasteiger partial charge in [-0.2, -0.15) is 0 Å². The Balaban J connectivity index is 1.24. The zero-order chi connectivity index (χ0) is 28.3. The maximum absolute atomic E-state index is 13.8. The fourth-order valence-electron chi connectivity index (χ4n) is 5.76. The number of amides is 3. The first-order valence-electron chi connectivity index (χ1n) is 13.6. The smallest absolute Gasteiger partial charge is 0.320 e. The third kappa shape index (κ3) is 5.86. The number of nitrogens with one attached hydrogen (secondary N) is 1. The molecule has 2 atom stereocenters. The second kappa shape index (κ2) is 11.8. The number of urea groups is 1. The molecule has 0 bridgehead atoms. The van der Waals surface area contributed by atoms with Crippen LogP contribution >= 0.6 is 0 Å². The molecule has 212 valence electrons. The molecule has 3 aliphatic rings. The number of piperidine rings is 1. The molecule has 0 saturated carbocycles. The van der Waals surface area contributed by atoms with E-state index in [2.05, 4.69) is 10.2 Å². The molecule has 1 unspecified atom stereocenters. The van der Waals surface area contributed by atoms with Crippen molar-refractivity contribution < 1.29 is 27.9 Å². The standard InChI is InChI=1S/C30H33F3N4O3/c31-23-6-4-22(5-7-23)30(28(39)34-27(38)21-2-1-3-25(33)20-21)12-14-36(15-13-30)29(40)37-18-16-35(17-19-37)26-10-8-24(32)9-11-26/h1-11,21,27,38H,12-20H2,(H,34,39)/t21?,27-/m0/s1. The average Bonchev–Trinajstić information content (AvgIpc) is 2.97. The summed E-state index contributed by atoms with van der Waals surface area (Å²) in [6, 6.07) is 11.9. The second-order valence-corrected chi connectivity index (χ2v) is 10.6. The molecule has 5 rings (SSSR count). The minimum atomic E-state index is -1.29. The highest BCUT2D eigenvalue weighted by Gasteiger charge is 2.45. The molecule has 2 N–H and O–H groups in total. The Labute approximate surface area is 231 Å². The van der Waals surface area contributed by atoms with Gasteiger partial charge < -0.3 is 25.1 Å². The number of anilines is 1. The van der Waals surface area contributed by atoms with Gasteiger partial charge >= 0.3 is 6.03 Å². The summed E-state index contributed by atoms with van der Waals surface area (Å²) in [6.07, 6.45) is 3.74. The maximum Gasteiger partial charge on any atom is 0.320 e. The molecule has 7 nitrogen and oxygen atoms in total. The Bertz CT molecular complexity index is 1270. The normalized spacial score (nSPS) is 21.6. The van der Waals surface area contributed by atoms with E-state index in [4.69, 9.17) is 0 Å². The van der Waals surface area contributed by atoms with Crippen LogP contribution in [0, 0.1) is 17.6 Å². The maximum atomic E-state index is 13.8. The number of nitrogens with zero attached hydrogens (tertiary/aromatic N) is 3. The lowest BCUT2D eigenvalue weighted by atomic mass is 9.71. The van der Waals surface area contributed by atoms with Gasteiger partial charge in [0.1, 0.15) is 23.7 Å². The lowest BCUT2D eigenvalue weighted by molar-refractivity contribution is -0.132. The Morgan fingerprint density at radius 2 is 1.43 bits per heavy atom. The number of carbonyl (C=O) groups is 2. The number of halogens is 3. The Kier molecular flexibility index (Phi) is 8.16. The predicted molar refractivity (Wildman–Crippen MR) is 145 cm³/mol. The number of hydrogen-bond donors (Lipinski definition) is 2. The molecule has 0 radical (unpaired) electrons. The van der Waals surface area contributed by atoms with Crippen molar-refractivity contribution >= 4 is 17.6 Å². The number of carbonyl (C=O) groups excluding carboxylic acids is 2. The van der Waals surface area contributed by atoms with E-state index < -0.39 is 29.3 Å². The zero-order valence-corrected chi connectivity index (χ0v) is 22.1. The summed E-state index contributed by atoms with van der Waals surface area (Å²) in [4.78, 5) is 32.7. The average molecular weight is 555 g/mol. The molecule has 3 amide bonds. The van der Waals surface area contributed by atoms with Crippen LogP contribution in [-0.2, 0) is 10.2 Å². The number of aliphatic hydroxyl groups excluding tert-OH is 1. The van der Waals surface area contributed by atoms with Gasteiger partial charge in [0.15, 0.2) is 0 Å². The second-order valence-electron chi connectivity index (χ2n) is 10.6. The fraction of sp³-hybridized carbons (Fsp3) is 0.400. The van der Waals surface area contributed by atoms with Crippen LogP contribution in [0.2, 0.25) is 0 Å².